The van der Waals surface area contributed by atoms with Gasteiger partial charge in [-0.3, -0.25) is 4.79 Å². The number of carbonyl (C=O) groups excluding carboxylic acids is 2. The van der Waals surface area contributed by atoms with Gasteiger partial charge in [0.2, 0.25) is 0 Å². The van der Waals surface area contributed by atoms with Crippen LogP contribution in [0.15, 0.2) is 24.4 Å². The molecule has 0 unspecified atom stereocenters. The zero-order chi connectivity index (χ0) is 17.0. The van der Waals surface area contributed by atoms with Crippen LogP contribution in [-0.4, -0.2) is 28.0 Å². The molecule has 1 amide bonds. The summed E-state index contributed by atoms with van der Waals surface area (Å²) in [6.07, 6.45) is 1.61. The zero-order valence-corrected chi connectivity index (χ0v) is 13.8. The van der Waals surface area contributed by atoms with E-state index in [4.69, 9.17) is 4.74 Å². The number of carbonyl (C=O) groups is 2. The van der Waals surface area contributed by atoms with E-state index in [0.29, 0.717) is 35.8 Å². The number of aromatic nitrogens is 2. The van der Waals surface area contributed by atoms with Crippen LogP contribution in [0.1, 0.15) is 46.0 Å². The predicted octanol–water partition coefficient (Wildman–Crippen LogP) is 2.95. The van der Waals surface area contributed by atoms with Gasteiger partial charge in [0.15, 0.2) is 0 Å². The average molecular weight is 315 g/mol. The number of nitrogens with one attached hydrogen (secondary N) is 1. The summed E-state index contributed by atoms with van der Waals surface area (Å²) in [6.45, 7) is 8.15. The van der Waals surface area contributed by atoms with Gasteiger partial charge in [0.05, 0.1) is 12.2 Å². The van der Waals surface area contributed by atoms with Crippen molar-refractivity contribution < 1.29 is 14.3 Å². The molecule has 0 spiro atoms. The lowest BCUT2D eigenvalue weighted by molar-refractivity contribution is 0.0512. The fourth-order valence-corrected chi connectivity index (χ4v) is 2.70. The second-order valence-corrected chi connectivity index (χ2v) is 5.07. The fourth-order valence-electron chi connectivity index (χ4n) is 2.70. The topological polar surface area (TPSA) is 73.2 Å². The van der Waals surface area contributed by atoms with E-state index in [9.17, 15) is 9.59 Å². The van der Waals surface area contributed by atoms with E-state index < -0.39 is 5.97 Å². The molecule has 0 aliphatic rings. The second-order valence-electron chi connectivity index (χ2n) is 5.07. The smallest absolute Gasteiger partial charge is 0.355 e. The normalized spacial score (nSPS) is 10.4. The van der Waals surface area contributed by atoms with E-state index in [1.54, 1.807) is 42.8 Å². The number of rotatable bonds is 5. The van der Waals surface area contributed by atoms with Gasteiger partial charge < -0.3 is 14.6 Å². The number of pyridine rings is 1. The van der Waals surface area contributed by atoms with Gasteiger partial charge in [-0.2, -0.15) is 0 Å². The molecule has 0 saturated heterocycles. The van der Waals surface area contributed by atoms with E-state index in [1.165, 1.54) is 0 Å². The van der Waals surface area contributed by atoms with Gasteiger partial charge in [0.1, 0.15) is 11.5 Å². The highest BCUT2D eigenvalue weighted by Gasteiger charge is 2.26. The van der Waals surface area contributed by atoms with E-state index in [2.05, 4.69) is 10.3 Å². The van der Waals surface area contributed by atoms with Crippen LogP contribution in [0.3, 0.4) is 0 Å². The molecule has 2 rings (SSSR count). The molecule has 0 aliphatic heterocycles. The Kier molecular flexibility index (Phi) is 5.16. The summed E-state index contributed by atoms with van der Waals surface area (Å²) in [7, 11) is 0. The molecule has 0 aromatic carbocycles. The number of anilines is 1. The van der Waals surface area contributed by atoms with Crippen LogP contribution in [0, 0.1) is 13.8 Å². The molecule has 6 nitrogen and oxygen atoms in total. The van der Waals surface area contributed by atoms with E-state index >= 15 is 0 Å². The molecule has 0 bridgehead atoms. The number of hydrogen-bond donors (Lipinski definition) is 1. The Bertz CT molecular complexity index is 720. The van der Waals surface area contributed by atoms with Crippen molar-refractivity contribution in [3.8, 4) is 0 Å². The van der Waals surface area contributed by atoms with Crippen LogP contribution in [0.25, 0.3) is 0 Å². The van der Waals surface area contributed by atoms with Crippen LogP contribution in [0.2, 0.25) is 0 Å². The molecule has 0 saturated carbocycles. The van der Waals surface area contributed by atoms with Crippen molar-refractivity contribution in [1.82, 2.24) is 9.55 Å². The Balaban J connectivity index is 2.42. The molecular formula is C17H21N3O3. The third kappa shape index (κ3) is 3.26. The summed E-state index contributed by atoms with van der Waals surface area (Å²) in [6, 6.07) is 5.29. The standard InChI is InChI=1S/C17H21N3O3/c1-5-20-12(4)14(11(3)15(20)17(22)23-6-2)16(21)19-13-9-7-8-10-18-13/h7-10H,5-6H2,1-4H3,(H,18,19,21). The van der Waals surface area contributed by atoms with Crippen molar-refractivity contribution in [1.29, 1.82) is 0 Å². The number of esters is 1. The Morgan fingerprint density at radius 1 is 1.26 bits per heavy atom. The summed E-state index contributed by atoms with van der Waals surface area (Å²) in [5.41, 5.74) is 2.27. The van der Waals surface area contributed by atoms with Gasteiger partial charge in [-0.15, -0.1) is 0 Å². The average Bonchev–Trinajstić information content (AvgIpc) is 2.78. The van der Waals surface area contributed by atoms with E-state index in [0.717, 1.165) is 5.69 Å². The monoisotopic (exact) mass is 315 g/mol. The summed E-state index contributed by atoms with van der Waals surface area (Å²) in [5, 5.41) is 2.76. The van der Waals surface area contributed by atoms with Crippen LogP contribution >= 0.6 is 0 Å². The lowest BCUT2D eigenvalue weighted by Crippen LogP contribution is -2.15. The highest BCUT2D eigenvalue weighted by Crippen LogP contribution is 2.24. The van der Waals surface area contributed by atoms with Gasteiger partial charge in [-0.1, -0.05) is 6.07 Å². The van der Waals surface area contributed by atoms with Gasteiger partial charge in [-0.05, 0) is 45.4 Å². The number of hydrogen-bond acceptors (Lipinski definition) is 4. The third-order valence-electron chi connectivity index (χ3n) is 3.69. The summed E-state index contributed by atoms with van der Waals surface area (Å²) in [5.74, 6) is -0.221. The van der Waals surface area contributed by atoms with Gasteiger partial charge in [0, 0.05) is 18.4 Å². The quantitative estimate of drug-likeness (QED) is 0.861. The van der Waals surface area contributed by atoms with Crippen molar-refractivity contribution in [3.63, 3.8) is 0 Å². The minimum Gasteiger partial charge on any atom is -0.461 e. The van der Waals surface area contributed by atoms with Crippen molar-refractivity contribution in [2.45, 2.75) is 34.2 Å². The second kappa shape index (κ2) is 7.09. The van der Waals surface area contributed by atoms with Crippen molar-refractivity contribution in [3.05, 3.63) is 46.9 Å². The van der Waals surface area contributed by atoms with Crippen LogP contribution in [0.5, 0.6) is 0 Å². The summed E-state index contributed by atoms with van der Waals surface area (Å²) < 4.78 is 6.92. The Morgan fingerprint density at radius 2 is 2.00 bits per heavy atom. The molecule has 0 radical (unpaired) electrons. The number of nitrogens with zero attached hydrogens (tertiary/aromatic N) is 2. The first kappa shape index (κ1) is 16.7. The van der Waals surface area contributed by atoms with Crippen molar-refractivity contribution in [2.24, 2.45) is 0 Å². The predicted molar refractivity (Wildman–Crippen MR) is 87.7 cm³/mol. The van der Waals surface area contributed by atoms with Gasteiger partial charge >= 0.3 is 5.97 Å². The molecule has 122 valence electrons. The van der Waals surface area contributed by atoms with Gasteiger partial charge in [0.25, 0.3) is 5.91 Å². The largest absolute Gasteiger partial charge is 0.461 e. The van der Waals surface area contributed by atoms with Crippen molar-refractivity contribution >= 4 is 17.7 Å². The van der Waals surface area contributed by atoms with Crippen LogP contribution in [-0.2, 0) is 11.3 Å². The maximum Gasteiger partial charge on any atom is 0.355 e. The first-order valence-electron chi connectivity index (χ1n) is 7.60. The molecule has 2 heterocycles. The maximum atomic E-state index is 12.6. The maximum absolute atomic E-state index is 12.6. The Morgan fingerprint density at radius 3 is 2.57 bits per heavy atom. The van der Waals surface area contributed by atoms with Gasteiger partial charge in [-0.25, -0.2) is 9.78 Å². The van der Waals surface area contributed by atoms with Crippen molar-refractivity contribution in [2.75, 3.05) is 11.9 Å². The highest BCUT2D eigenvalue weighted by atomic mass is 16.5. The third-order valence-corrected chi connectivity index (χ3v) is 3.69. The van der Waals surface area contributed by atoms with Crippen LogP contribution in [0.4, 0.5) is 5.82 Å². The molecule has 0 atom stereocenters. The first-order valence-corrected chi connectivity index (χ1v) is 7.60. The number of amides is 1. The lowest BCUT2D eigenvalue weighted by atomic mass is 10.1. The molecule has 0 fully saturated rings. The molecular weight excluding hydrogens is 294 g/mol. The minimum absolute atomic E-state index is 0.281. The molecule has 1 N–H and O–H groups in total. The van der Waals surface area contributed by atoms with E-state index in [1.807, 2.05) is 13.8 Å². The fraction of sp³-hybridized carbons (Fsp3) is 0.353. The molecule has 23 heavy (non-hydrogen) atoms. The van der Waals surface area contributed by atoms with E-state index in [-0.39, 0.29) is 5.91 Å². The zero-order valence-electron chi connectivity index (χ0n) is 13.8. The first-order chi connectivity index (χ1) is 11.0. The molecule has 6 heteroatoms. The Hall–Kier alpha value is -2.63. The molecule has 2 aromatic rings. The summed E-state index contributed by atoms with van der Waals surface area (Å²) >= 11 is 0. The summed E-state index contributed by atoms with van der Waals surface area (Å²) in [4.78, 5) is 28.9. The highest BCUT2D eigenvalue weighted by molar-refractivity contribution is 6.08. The minimum atomic E-state index is -0.410. The number of ether oxygens (including phenoxy) is 1. The lowest BCUT2D eigenvalue weighted by Gasteiger charge is -2.08. The molecule has 0 aliphatic carbocycles. The Labute approximate surface area is 135 Å². The molecule has 2 aromatic heterocycles. The van der Waals surface area contributed by atoms with Crippen LogP contribution < -0.4 is 5.32 Å². The SMILES string of the molecule is CCOC(=O)c1c(C)c(C(=O)Nc2ccccn2)c(C)n1CC.